The topological polar surface area (TPSA) is 113 Å². The number of aryl methyl sites for hydroxylation is 1. The number of aromatic carboxylic acids is 1. The predicted octanol–water partition coefficient (Wildman–Crippen LogP) is 4.59. The first-order valence-electron chi connectivity index (χ1n) is 10.5. The van der Waals surface area contributed by atoms with Crippen LogP contribution in [0.2, 0.25) is 5.02 Å². The molecule has 0 radical (unpaired) electrons. The van der Waals surface area contributed by atoms with E-state index in [9.17, 15) is 19.2 Å². The van der Waals surface area contributed by atoms with Crippen LogP contribution in [0.25, 0.3) is 6.08 Å². The van der Waals surface area contributed by atoms with Gasteiger partial charge in [-0.05, 0) is 54.5 Å². The lowest BCUT2D eigenvalue weighted by atomic mass is 10.1. The van der Waals surface area contributed by atoms with E-state index in [0.717, 1.165) is 16.0 Å². The fourth-order valence-electron chi connectivity index (χ4n) is 3.40. The molecule has 1 saturated heterocycles. The minimum absolute atomic E-state index is 0.132. The average Bonchev–Trinajstić information content (AvgIpc) is 2.83. The Morgan fingerprint density at radius 1 is 1.06 bits per heavy atom. The van der Waals surface area contributed by atoms with Gasteiger partial charge in [0.15, 0.2) is 0 Å². The van der Waals surface area contributed by atoms with Crippen LogP contribution in [0, 0.1) is 6.92 Å². The van der Waals surface area contributed by atoms with E-state index in [-0.39, 0.29) is 23.4 Å². The molecule has 0 unspecified atom stereocenters. The molecule has 4 amide bonds. The number of urea groups is 1. The van der Waals surface area contributed by atoms with Crippen molar-refractivity contribution in [3.05, 3.63) is 99.6 Å². The summed E-state index contributed by atoms with van der Waals surface area (Å²) in [6.45, 7) is 1.92. The van der Waals surface area contributed by atoms with Gasteiger partial charge in [0, 0.05) is 10.6 Å². The molecule has 176 valence electrons. The smallest absolute Gasteiger partial charge is 0.335 e. The third kappa shape index (κ3) is 5.07. The first-order valence-corrected chi connectivity index (χ1v) is 10.8. The van der Waals surface area contributed by atoms with Crippen molar-refractivity contribution in [1.29, 1.82) is 0 Å². The number of benzene rings is 3. The van der Waals surface area contributed by atoms with Gasteiger partial charge in [0.1, 0.15) is 17.9 Å². The third-order valence-corrected chi connectivity index (χ3v) is 5.74. The van der Waals surface area contributed by atoms with Crippen LogP contribution in [0.4, 0.5) is 10.5 Å². The summed E-state index contributed by atoms with van der Waals surface area (Å²) < 4.78 is 5.86. The number of para-hydroxylation sites is 1. The summed E-state index contributed by atoms with van der Waals surface area (Å²) in [5, 5.41) is 11.6. The number of ether oxygens (including phenoxy) is 1. The molecule has 1 aliphatic rings. The number of carbonyl (C=O) groups excluding carboxylic acids is 3. The Labute approximate surface area is 205 Å². The molecule has 0 aromatic heterocycles. The number of nitrogens with one attached hydrogen (secondary N) is 1. The number of carbonyl (C=O) groups is 4. The molecule has 1 heterocycles. The Bertz CT molecular complexity index is 1380. The van der Waals surface area contributed by atoms with Crippen molar-refractivity contribution in [3.8, 4) is 5.75 Å². The van der Waals surface area contributed by atoms with Crippen molar-refractivity contribution in [3.63, 3.8) is 0 Å². The van der Waals surface area contributed by atoms with E-state index >= 15 is 0 Å². The minimum atomic E-state index is -1.02. The van der Waals surface area contributed by atoms with Gasteiger partial charge in [-0.2, -0.15) is 0 Å². The maximum atomic E-state index is 13.2. The zero-order chi connectivity index (χ0) is 25.1. The number of anilines is 1. The molecule has 4 rings (SSSR count). The molecular weight excluding hydrogens is 472 g/mol. The quantitative estimate of drug-likeness (QED) is 0.386. The number of nitrogens with zero attached hydrogens (tertiary/aromatic N) is 1. The van der Waals surface area contributed by atoms with Gasteiger partial charge in [0.05, 0.1) is 11.3 Å². The van der Waals surface area contributed by atoms with Crippen molar-refractivity contribution >= 4 is 47.2 Å². The number of imide groups is 2. The first kappa shape index (κ1) is 23.7. The second-order valence-electron chi connectivity index (χ2n) is 7.72. The second-order valence-corrected chi connectivity index (χ2v) is 8.13. The zero-order valence-corrected chi connectivity index (χ0v) is 19.2. The molecule has 35 heavy (non-hydrogen) atoms. The Hall–Kier alpha value is -4.43. The summed E-state index contributed by atoms with van der Waals surface area (Å²) in [6, 6.07) is 16.9. The standard InChI is InChI=1S/C26H19ClN2O6/c1-15-6-11-19(13-21(15)27)29-24(31)20(23(30)28-26(29)34)12-18-4-2-3-5-22(18)35-14-16-7-9-17(10-8-16)25(32)33/h2-13H,14H2,1H3,(H,32,33)(H,28,30,34). The molecule has 2 N–H and O–H groups in total. The monoisotopic (exact) mass is 490 g/mol. The first-order chi connectivity index (χ1) is 16.7. The molecule has 0 atom stereocenters. The average molecular weight is 491 g/mol. The van der Waals surface area contributed by atoms with Crippen LogP contribution in [-0.4, -0.2) is 28.9 Å². The highest BCUT2D eigenvalue weighted by molar-refractivity contribution is 6.39. The number of hydrogen-bond acceptors (Lipinski definition) is 5. The van der Waals surface area contributed by atoms with Crippen molar-refractivity contribution < 1.29 is 29.0 Å². The normalized spacial score (nSPS) is 14.7. The molecule has 1 aliphatic heterocycles. The van der Waals surface area contributed by atoms with Gasteiger partial charge in [-0.3, -0.25) is 14.9 Å². The fourth-order valence-corrected chi connectivity index (χ4v) is 3.58. The summed E-state index contributed by atoms with van der Waals surface area (Å²) in [6.07, 6.45) is 1.36. The Kier molecular flexibility index (Phi) is 6.66. The largest absolute Gasteiger partial charge is 0.488 e. The molecule has 0 spiro atoms. The van der Waals surface area contributed by atoms with Crippen molar-refractivity contribution in [2.45, 2.75) is 13.5 Å². The third-order valence-electron chi connectivity index (χ3n) is 5.33. The van der Waals surface area contributed by atoms with E-state index in [0.29, 0.717) is 16.3 Å². The summed E-state index contributed by atoms with van der Waals surface area (Å²) >= 11 is 6.16. The minimum Gasteiger partial charge on any atom is -0.488 e. The number of halogens is 1. The lowest BCUT2D eigenvalue weighted by Gasteiger charge is -2.26. The predicted molar refractivity (Wildman–Crippen MR) is 129 cm³/mol. The Morgan fingerprint density at radius 3 is 2.46 bits per heavy atom. The SMILES string of the molecule is Cc1ccc(N2C(=O)NC(=O)C(=Cc3ccccc3OCc3ccc(C(=O)O)cc3)C2=O)cc1Cl. The molecule has 9 heteroatoms. The van der Waals surface area contributed by atoms with E-state index in [4.69, 9.17) is 21.4 Å². The summed E-state index contributed by atoms with van der Waals surface area (Å²) in [5.41, 5.74) is 2.10. The highest BCUT2D eigenvalue weighted by Gasteiger charge is 2.37. The molecule has 0 bridgehead atoms. The van der Waals surface area contributed by atoms with Crippen molar-refractivity contribution in [2.75, 3.05) is 4.90 Å². The van der Waals surface area contributed by atoms with Crippen LogP contribution < -0.4 is 15.0 Å². The molecule has 1 fully saturated rings. The maximum absolute atomic E-state index is 13.2. The van der Waals surface area contributed by atoms with Crippen molar-refractivity contribution in [2.24, 2.45) is 0 Å². The highest BCUT2D eigenvalue weighted by Crippen LogP contribution is 2.28. The number of amides is 4. The van der Waals surface area contributed by atoms with Gasteiger partial charge in [0.2, 0.25) is 0 Å². The fraction of sp³-hybridized carbons (Fsp3) is 0.0769. The number of barbiturate groups is 1. The zero-order valence-electron chi connectivity index (χ0n) is 18.4. The van der Waals surface area contributed by atoms with E-state index in [1.165, 1.54) is 24.3 Å². The number of carboxylic acids is 1. The van der Waals surface area contributed by atoms with Crippen LogP contribution in [-0.2, 0) is 16.2 Å². The number of carboxylic acid groups (broad SMARTS) is 1. The van der Waals surface area contributed by atoms with Gasteiger partial charge in [-0.25, -0.2) is 14.5 Å². The maximum Gasteiger partial charge on any atom is 0.335 e. The van der Waals surface area contributed by atoms with Crippen LogP contribution in [0.5, 0.6) is 5.75 Å². The van der Waals surface area contributed by atoms with Crippen molar-refractivity contribution in [1.82, 2.24) is 5.32 Å². The van der Waals surface area contributed by atoms with Crippen LogP contribution in [0.1, 0.15) is 27.0 Å². The molecule has 0 aliphatic carbocycles. The van der Waals surface area contributed by atoms with Crippen LogP contribution in [0.3, 0.4) is 0 Å². The van der Waals surface area contributed by atoms with E-state index in [1.807, 2.05) is 0 Å². The van der Waals surface area contributed by atoms with Crippen LogP contribution in [0.15, 0.2) is 72.3 Å². The Balaban J connectivity index is 1.61. The molecule has 0 saturated carbocycles. The van der Waals surface area contributed by atoms with Gasteiger partial charge in [0.25, 0.3) is 11.8 Å². The molecule has 3 aromatic carbocycles. The summed E-state index contributed by atoms with van der Waals surface area (Å²) in [7, 11) is 0. The second kappa shape index (κ2) is 9.82. The lowest BCUT2D eigenvalue weighted by Crippen LogP contribution is -2.54. The number of rotatable bonds is 6. The lowest BCUT2D eigenvalue weighted by molar-refractivity contribution is -0.122. The van der Waals surface area contributed by atoms with Gasteiger partial charge >= 0.3 is 12.0 Å². The summed E-state index contributed by atoms with van der Waals surface area (Å²) in [4.78, 5) is 50.0. The van der Waals surface area contributed by atoms with Gasteiger partial charge in [-0.15, -0.1) is 0 Å². The van der Waals surface area contributed by atoms with Gasteiger partial charge < -0.3 is 9.84 Å². The number of hydrogen-bond donors (Lipinski definition) is 2. The van der Waals surface area contributed by atoms with E-state index in [1.54, 1.807) is 55.5 Å². The molecule has 3 aromatic rings. The molecule has 8 nitrogen and oxygen atoms in total. The molecular formula is C26H19ClN2O6. The summed E-state index contributed by atoms with van der Waals surface area (Å²) in [5.74, 6) is -2.25. The van der Waals surface area contributed by atoms with Crippen LogP contribution >= 0.6 is 11.6 Å². The highest BCUT2D eigenvalue weighted by atomic mass is 35.5. The Morgan fingerprint density at radius 2 is 1.77 bits per heavy atom. The van der Waals surface area contributed by atoms with Gasteiger partial charge in [-0.1, -0.05) is 48.0 Å². The van der Waals surface area contributed by atoms with E-state index in [2.05, 4.69) is 5.32 Å². The van der Waals surface area contributed by atoms with E-state index < -0.39 is 23.8 Å².